The smallest absolute Gasteiger partial charge is 0.230 e. The normalized spacial score (nSPS) is 11.6. The van der Waals surface area contributed by atoms with Crippen LogP contribution >= 0.6 is 11.8 Å². The molecule has 3 aromatic rings. The van der Waals surface area contributed by atoms with Crippen molar-refractivity contribution in [3.63, 3.8) is 0 Å². The average Bonchev–Trinajstić information content (AvgIpc) is 3.20. The molecule has 32 heavy (non-hydrogen) atoms. The Kier molecular flexibility index (Phi) is 8.33. The molecule has 0 aliphatic carbocycles. The number of carbonyl (C=O) groups is 1. The molecule has 0 aliphatic rings. The van der Waals surface area contributed by atoms with Crippen molar-refractivity contribution in [3.8, 4) is 11.5 Å². The second kappa shape index (κ2) is 11.4. The molecular formula is C24H28N4O3S. The van der Waals surface area contributed by atoms with Gasteiger partial charge in [0, 0.05) is 13.1 Å². The first kappa shape index (κ1) is 23.4. The summed E-state index contributed by atoms with van der Waals surface area (Å²) in [4.78, 5) is 12.3. The lowest BCUT2D eigenvalue weighted by molar-refractivity contribution is -0.118. The van der Waals surface area contributed by atoms with Gasteiger partial charge in [0.05, 0.1) is 12.9 Å². The van der Waals surface area contributed by atoms with Crippen molar-refractivity contribution in [2.45, 2.75) is 38.2 Å². The zero-order valence-electron chi connectivity index (χ0n) is 18.6. The molecular weight excluding hydrogens is 424 g/mol. The van der Waals surface area contributed by atoms with Gasteiger partial charge >= 0.3 is 0 Å². The number of rotatable bonds is 11. The van der Waals surface area contributed by atoms with Crippen molar-refractivity contribution in [2.75, 3.05) is 12.9 Å². The van der Waals surface area contributed by atoms with Crippen LogP contribution in [0.3, 0.4) is 0 Å². The Bertz CT molecular complexity index is 1050. The quantitative estimate of drug-likeness (QED) is 0.345. The molecule has 0 aliphatic heterocycles. The van der Waals surface area contributed by atoms with Crippen LogP contribution in [0.2, 0.25) is 0 Å². The van der Waals surface area contributed by atoms with Gasteiger partial charge in [-0.25, -0.2) is 0 Å². The SMILES string of the molecule is C=CCn1c(SCC(=O)NCc2ccc(C)cc2)nnc1C(C)Oc1ccccc1OC. The predicted molar refractivity (Wildman–Crippen MR) is 126 cm³/mol. The van der Waals surface area contributed by atoms with Gasteiger partial charge < -0.3 is 14.8 Å². The summed E-state index contributed by atoms with van der Waals surface area (Å²) < 4.78 is 13.3. The Hall–Kier alpha value is -3.26. The third-order valence-electron chi connectivity index (χ3n) is 4.74. The molecule has 1 aromatic heterocycles. The molecule has 1 heterocycles. The van der Waals surface area contributed by atoms with Crippen LogP contribution in [0.25, 0.3) is 0 Å². The Balaban J connectivity index is 1.62. The lowest BCUT2D eigenvalue weighted by Gasteiger charge is -2.17. The lowest BCUT2D eigenvalue weighted by Crippen LogP contribution is -2.24. The van der Waals surface area contributed by atoms with Crippen molar-refractivity contribution < 1.29 is 14.3 Å². The van der Waals surface area contributed by atoms with Crippen LogP contribution in [0.4, 0.5) is 0 Å². The molecule has 8 heteroatoms. The summed E-state index contributed by atoms with van der Waals surface area (Å²) in [5.41, 5.74) is 2.25. The van der Waals surface area contributed by atoms with E-state index in [0.29, 0.717) is 35.6 Å². The molecule has 168 valence electrons. The van der Waals surface area contributed by atoms with Gasteiger partial charge in [-0.15, -0.1) is 16.8 Å². The number of thioether (sulfide) groups is 1. The van der Waals surface area contributed by atoms with Gasteiger partial charge in [0.1, 0.15) is 0 Å². The molecule has 7 nitrogen and oxygen atoms in total. The molecule has 2 aromatic carbocycles. The van der Waals surface area contributed by atoms with E-state index >= 15 is 0 Å². The fourth-order valence-electron chi connectivity index (χ4n) is 3.06. The van der Waals surface area contributed by atoms with Crippen molar-refractivity contribution in [2.24, 2.45) is 0 Å². The number of para-hydroxylation sites is 2. The molecule has 1 N–H and O–H groups in total. The van der Waals surface area contributed by atoms with E-state index in [0.717, 1.165) is 5.56 Å². The largest absolute Gasteiger partial charge is 0.493 e. The molecule has 0 spiro atoms. The van der Waals surface area contributed by atoms with Gasteiger partial charge in [0.25, 0.3) is 0 Å². The zero-order chi connectivity index (χ0) is 22.9. The monoisotopic (exact) mass is 452 g/mol. The maximum atomic E-state index is 12.3. The van der Waals surface area contributed by atoms with E-state index in [1.54, 1.807) is 13.2 Å². The second-order valence-electron chi connectivity index (χ2n) is 7.20. The van der Waals surface area contributed by atoms with Crippen LogP contribution in [0, 0.1) is 6.92 Å². The van der Waals surface area contributed by atoms with E-state index in [-0.39, 0.29) is 17.8 Å². The molecule has 0 bridgehead atoms. The number of amides is 1. The first-order chi connectivity index (χ1) is 15.5. The molecule has 3 rings (SSSR count). The van der Waals surface area contributed by atoms with E-state index in [9.17, 15) is 4.79 Å². The number of allylic oxidation sites excluding steroid dienone is 1. The maximum absolute atomic E-state index is 12.3. The average molecular weight is 453 g/mol. The first-order valence-electron chi connectivity index (χ1n) is 10.3. The fraction of sp³-hybridized carbons (Fsp3) is 0.292. The van der Waals surface area contributed by atoms with E-state index in [4.69, 9.17) is 9.47 Å². The number of nitrogens with zero attached hydrogens (tertiary/aromatic N) is 3. The van der Waals surface area contributed by atoms with E-state index in [1.165, 1.54) is 17.3 Å². The number of hydrogen-bond acceptors (Lipinski definition) is 6. The third kappa shape index (κ3) is 6.13. The van der Waals surface area contributed by atoms with Crippen molar-refractivity contribution in [1.29, 1.82) is 0 Å². The van der Waals surface area contributed by atoms with Gasteiger partial charge in [0.2, 0.25) is 5.91 Å². The summed E-state index contributed by atoms with van der Waals surface area (Å²) in [5.74, 6) is 2.10. The second-order valence-corrected chi connectivity index (χ2v) is 8.14. The number of aromatic nitrogens is 3. The lowest BCUT2D eigenvalue weighted by atomic mass is 10.1. The maximum Gasteiger partial charge on any atom is 0.230 e. The van der Waals surface area contributed by atoms with Gasteiger partial charge in [0.15, 0.2) is 28.6 Å². The van der Waals surface area contributed by atoms with Crippen LogP contribution in [-0.2, 0) is 17.9 Å². The van der Waals surface area contributed by atoms with Crippen LogP contribution in [0.15, 0.2) is 66.3 Å². The van der Waals surface area contributed by atoms with Crippen molar-refractivity contribution >= 4 is 17.7 Å². The van der Waals surface area contributed by atoms with E-state index < -0.39 is 0 Å². The van der Waals surface area contributed by atoms with Gasteiger partial charge in [-0.1, -0.05) is 59.8 Å². The van der Waals surface area contributed by atoms with Crippen molar-refractivity contribution in [3.05, 3.63) is 78.1 Å². The Labute approximate surface area is 192 Å². The highest BCUT2D eigenvalue weighted by Crippen LogP contribution is 2.31. The first-order valence-corrected chi connectivity index (χ1v) is 11.3. The number of methoxy groups -OCH3 is 1. The Morgan fingerprint density at radius 1 is 1.19 bits per heavy atom. The number of nitrogens with one attached hydrogen (secondary N) is 1. The molecule has 1 atom stereocenters. The zero-order valence-corrected chi connectivity index (χ0v) is 19.4. The van der Waals surface area contributed by atoms with Crippen molar-refractivity contribution in [1.82, 2.24) is 20.1 Å². The molecule has 1 unspecified atom stereocenters. The minimum absolute atomic E-state index is 0.0661. The molecule has 0 saturated heterocycles. The Morgan fingerprint density at radius 2 is 1.91 bits per heavy atom. The van der Waals surface area contributed by atoms with Gasteiger partial charge in [-0.05, 0) is 31.5 Å². The summed E-state index contributed by atoms with van der Waals surface area (Å²) in [5, 5.41) is 12.2. The number of hydrogen-bond donors (Lipinski definition) is 1. The summed E-state index contributed by atoms with van der Waals surface area (Å²) >= 11 is 1.33. The molecule has 0 radical (unpaired) electrons. The van der Waals surface area contributed by atoms with Crippen LogP contribution in [0.5, 0.6) is 11.5 Å². The predicted octanol–water partition coefficient (Wildman–Crippen LogP) is 4.33. The third-order valence-corrected chi connectivity index (χ3v) is 5.70. The van der Waals surface area contributed by atoms with E-state index in [1.807, 2.05) is 66.9 Å². The topological polar surface area (TPSA) is 78.3 Å². The minimum atomic E-state index is -0.372. The number of benzene rings is 2. The highest BCUT2D eigenvalue weighted by atomic mass is 32.2. The number of carbonyl (C=O) groups excluding carboxylic acids is 1. The van der Waals surface area contributed by atoms with Crippen LogP contribution in [-0.4, -0.2) is 33.5 Å². The number of aryl methyl sites for hydroxylation is 1. The minimum Gasteiger partial charge on any atom is -0.493 e. The molecule has 1 amide bonds. The highest BCUT2D eigenvalue weighted by molar-refractivity contribution is 7.99. The standard InChI is InChI=1S/C24H28N4O3S/c1-5-14-28-23(18(3)31-21-9-7-6-8-20(21)30-4)26-27-24(28)32-16-22(29)25-15-19-12-10-17(2)11-13-19/h5-13,18H,1,14-16H2,2-4H3,(H,25,29). The summed E-state index contributed by atoms with van der Waals surface area (Å²) in [7, 11) is 1.60. The summed E-state index contributed by atoms with van der Waals surface area (Å²) in [6, 6.07) is 15.5. The highest BCUT2D eigenvalue weighted by Gasteiger charge is 2.20. The van der Waals surface area contributed by atoms with Gasteiger partial charge in [-0.3, -0.25) is 9.36 Å². The fourth-order valence-corrected chi connectivity index (χ4v) is 3.84. The summed E-state index contributed by atoms with van der Waals surface area (Å²) in [6.07, 6.45) is 1.40. The summed E-state index contributed by atoms with van der Waals surface area (Å²) in [6.45, 7) is 8.77. The van der Waals surface area contributed by atoms with Crippen LogP contribution < -0.4 is 14.8 Å². The van der Waals surface area contributed by atoms with Crippen LogP contribution in [0.1, 0.15) is 30.0 Å². The van der Waals surface area contributed by atoms with E-state index in [2.05, 4.69) is 22.1 Å². The number of ether oxygens (including phenoxy) is 2. The van der Waals surface area contributed by atoms with Gasteiger partial charge in [-0.2, -0.15) is 0 Å². The molecule has 0 saturated carbocycles. The molecule has 0 fully saturated rings. The Morgan fingerprint density at radius 3 is 2.59 bits per heavy atom.